The quantitative estimate of drug-likeness (QED) is 0.641. The van der Waals surface area contributed by atoms with Crippen molar-refractivity contribution in [2.24, 2.45) is 0 Å². The molecule has 144 valence electrons. The first-order chi connectivity index (χ1) is 12.7. The molecule has 0 unspecified atom stereocenters. The first-order valence-corrected chi connectivity index (χ1v) is 10.5. The Morgan fingerprint density at radius 1 is 1.15 bits per heavy atom. The number of rotatable bonds is 6. The van der Waals surface area contributed by atoms with Crippen LogP contribution in [-0.4, -0.2) is 27.1 Å². The van der Waals surface area contributed by atoms with Gasteiger partial charge in [0.2, 0.25) is 10.0 Å². The van der Waals surface area contributed by atoms with Gasteiger partial charge in [-0.15, -0.1) is 0 Å². The fraction of sp³-hybridized carbons (Fsp3) is 0.300. The van der Waals surface area contributed by atoms with Crippen LogP contribution >= 0.6 is 11.6 Å². The summed E-state index contributed by atoms with van der Waals surface area (Å²) < 4.78 is 33.5. The zero-order valence-corrected chi connectivity index (χ0v) is 17.4. The Hall–Kier alpha value is -2.02. The summed E-state index contributed by atoms with van der Waals surface area (Å²) in [5.74, 6) is 0.558. The highest BCUT2D eigenvalue weighted by atomic mass is 35.5. The normalized spacial score (nSPS) is 11.9. The third-order valence-corrected chi connectivity index (χ3v) is 6.67. The van der Waals surface area contributed by atoms with Gasteiger partial charge in [-0.1, -0.05) is 29.8 Å². The van der Waals surface area contributed by atoms with Crippen molar-refractivity contribution in [3.63, 3.8) is 0 Å². The molecule has 0 aliphatic carbocycles. The molecule has 3 aromatic rings. The van der Waals surface area contributed by atoms with Gasteiger partial charge in [-0.3, -0.25) is 0 Å². The highest BCUT2D eigenvalue weighted by Crippen LogP contribution is 2.29. The highest BCUT2D eigenvalue weighted by Gasteiger charge is 2.19. The van der Waals surface area contributed by atoms with E-state index in [0.29, 0.717) is 22.8 Å². The van der Waals surface area contributed by atoms with Gasteiger partial charge < -0.3 is 9.72 Å². The third-order valence-electron chi connectivity index (χ3n) is 4.75. The molecule has 0 aliphatic heterocycles. The van der Waals surface area contributed by atoms with Crippen molar-refractivity contribution in [2.45, 2.75) is 32.1 Å². The van der Waals surface area contributed by atoms with Crippen molar-refractivity contribution >= 4 is 32.5 Å². The molecule has 0 bridgehead atoms. The minimum Gasteiger partial charge on any atom is -0.496 e. The average molecular weight is 407 g/mol. The molecule has 0 saturated heterocycles. The number of hydrogen-bond acceptors (Lipinski definition) is 3. The predicted octanol–water partition coefficient (Wildman–Crippen LogP) is 4.28. The van der Waals surface area contributed by atoms with Crippen LogP contribution in [0.25, 0.3) is 10.9 Å². The molecule has 1 heterocycles. The maximum absolute atomic E-state index is 12.8. The molecular formula is C20H23ClN2O3S. The van der Waals surface area contributed by atoms with Crippen LogP contribution < -0.4 is 9.46 Å². The summed E-state index contributed by atoms with van der Waals surface area (Å²) in [5.41, 5.74) is 4.53. The van der Waals surface area contributed by atoms with Crippen molar-refractivity contribution in [3.05, 3.63) is 57.7 Å². The van der Waals surface area contributed by atoms with E-state index in [0.717, 1.165) is 27.7 Å². The van der Waals surface area contributed by atoms with E-state index in [1.54, 1.807) is 13.0 Å². The molecule has 0 radical (unpaired) electrons. The molecule has 2 aromatic carbocycles. The third kappa shape index (κ3) is 3.83. The lowest BCUT2D eigenvalue weighted by Crippen LogP contribution is -2.26. The van der Waals surface area contributed by atoms with E-state index >= 15 is 0 Å². The van der Waals surface area contributed by atoms with Crippen molar-refractivity contribution in [1.29, 1.82) is 0 Å². The number of fused-ring (bicyclic) bond motifs is 1. The number of hydrogen-bond donors (Lipinski definition) is 2. The van der Waals surface area contributed by atoms with Crippen LogP contribution in [0.2, 0.25) is 5.02 Å². The van der Waals surface area contributed by atoms with Gasteiger partial charge in [-0.05, 0) is 49.9 Å². The Morgan fingerprint density at radius 3 is 2.59 bits per heavy atom. The number of methoxy groups -OCH3 is 1. The van der Waals surface area contributed by atoms with Crippen molar-refractivity contribution in [1.82, 2.24) is 9.71 Å². The van der Waals surface area contributed by atoms with E-state index in [4.69, 9.17) is 16.3 Å². The van der Waals surface area contributed by atoms with E-state index in [-0.39, 0.29) is 11.4 Å². The summed E-state index contributed by atoms with van der Waals surface area (Å²) in [6.07, 6.45) is 0.563. The fourth-order valence-electron chi connectivity index (χ4n) is 3.40. The standard InChI is InChI=1S/C20H23ClN2O3S/c1-12-10-13(2)19(11-18(12)26-4)27(24,25)22-9-8-15-14(3)23-20-16(15)6-5-7-17(20)21/h5-7,10-11,22-23H,8-9H2,1-4H3. The van der Waals surface area contributed by atoms with Gasteiger partial charge in [0.1, 0.15) is 5.75 Å². The zero-order chi connectivity index (χ0) is 19.8. The lowest BCUT2D eigenvalue weighted by atomic mass is 10.1. The van der Waals surface area contributed by atoms with E-state index in [1.165, 1.54) is 7.11 Å². The van der Waals surface area contributed by atoms with E-state index in [2.05, 4.69) is 9.71 Å². The zero-order valence-electron chi connectivity index (χ0n) is 15.8. The van der Waals surface area contributed by atoms with Crippen LogP contribution in [0.1, 0.15) is 22.4 Å². The van der Waals surface area contributed by atoms with Gasteiger partial charge in [0, 0.05) is 23.7 Å². The average Bonchev–Trinajstić information content (AvgIpc) is 2.92. The molecule has 0 amide bonds. The number of aromatic amines is 1. The smallest absolute Gasteiger partial charge is 0.240 e. The lowest BCUT2D eigenvalue weighted by Gasteiger charge is -2.13. The molecule has 5 nitrogen and oxygen atoms in total. The predicted molar refractivity (Wildman–Crippen MR) is 109 cm³/mol. The number of para-hydroxylation sites is 1. The van der Waals surface area contributed by atoms with E-state index in [9.17, 15) is 8.42 Å². The summed E-state index contributed by atoms with van der Waals surface area (Å²) >= 11 is 6.23. The Balaban J connectivity index is 1.82. The van der Waals surface area contributed by atoms with E-state index < -0.39 is 10.0 Å². The molecule has 27 heavy (non-hydrogen) atoms. The van der Waals surface area contributed by atoms with Gasteiger partial charge in [0.25, 0.3) is 0 Å². The number of benzene rings is 2. The second kappa shape index (κ2) is 7.54. The summed E-state index contributed by atoms with van der Waals surface area (Å²) in [6, 6.07) is 9.11. The largest absolute Gasteiger partial charge is 0.496 e. The van der Waals surface area contributed by atoms with Crippen LogP contribution in [0, 0.1) is 20.8 Å². The molecule has 2 N–H and O–H groups in total. The maximum atomic E-state index is 12.8. The second-order valence-corrected chi connectivity index (χ2v) is 8.77. The van der Waals surface area contributed by atoms with Gasteiger partial charge in [-0.25, -0.2) is 13.1 Å². The van der Waals surface area contributed by atoms with Crippen LogP contribution in [0.4, 0.5) is 0 Å². The topological polar surface area (TPSA) is 71.2 Å². The second-order valence-electron chi connectivity index (χ2n) is 6.63. The van der Waals surface area contributed by atoms with Crippen LogP contribution in [0.5, 0.6) is 5.75 Å². The number of nitrogens with one attached hydrogen (secondary N) is 2. The lowest BCUT2D eigenvalue weighted by molar-refractivity contribution is 0.410. The first kappa shape index (κ1) is 19.7. The Bertz CT molecular complexity index is 1100. The SMILES string of the molecule is COc1cc(S(=O)(=O)NCCc2c(C)[nH]c3c(Cl)cccc23)c(C)cc1C. The molecule has 0 saturated carbocycles. The number of sulfonamides is 1. The monoisotopic (exact) mass is 406 g/mol. The molecule has 3 rings (SSSR count). The molecule has 1 aromatic heterocycles. The molecule has 0 aliphatic rings. The van der Waals surface area contributed by atoms with Crippen LogP contribution in [0.15, 0.2) is 35.2 Å². The van der Waals surface area contributed by atoms with Gasteiger partial charge in [0.15, 0.2) is 0 Å². The number of ether oxygens (including phenoxy) is 1. The molecule has 7 heteroatoms. The summed E-state index contributed by atoms with van der Waals surface area (Å²) in [5, 5.41) is 1.68. The number of aromatic nitrogens is 1. The molecule has 0 spiro atoms. The number of H-pyrrole nitrogens is 1. The first-order valence-electron chi connectivity index (χ1n) is 8.65. The number of aryl methyl sites for hydroxylation is 3. The summed E-state index contributed by atoms with van der Waals surface area (Å²) in [7, 11) is -2.10. The summed E-state index contributed by atoms with van der Waals surface area (Å²) in [4.78, 5) is 3.52. The van der Waals surface area contributed by atoms with Gasteiger partial charge in [-0.2, -0.15) is 0 Å². The van der Waals surface area contributed by atoms with Gasteiger partial charge >= 0.3 is 0 Å². The molecule has 0 atom stereocenters. The maximum Gasteiger partial charge on any atom is 0.240 e. The Morgan fingerprint density at radius 2 is 1.89 bits per heavy atom. The number of halogens is 1. The Kier molecular flexibility index (Phi) is 5.51. The molecule has 0 fully saturated rings. The van der Waals surface area contributed by atoms with Crippen molar-refractivity contribution in [2.75, 3.05) is 13.7 Å². The summed E-state index contributed by atoms with van der Waals surface area (Å²) in [6.45, 7) is 5.93. The van der Waals surface area contributed by atoms with Crippen LogP contribution in [-0.2, 0) is 16.4 Å². The van der Waals surface area contributed by atoms with Gasteiger partial charge in [0.05, 0.1) is 22.5 Å². The highest BCUT2D eigenvalue weighted by molar-refractivity contribution is 7.89. The van der Waals surface area contributed by atoms with Crippen molar-refractivity contribution in [3.8, 4) is 5.75 Å². The van der Waals surface area contributed by atoms with Crippen molar-refractivity contribution < 1.29 is 13.2 Å². The fourth-order valence-corrected chi connectivity index (χ4v) is 4.89. The van der Waals surface area contributed by atoms with E-state index in [1.807, 2.05) is 38.1 Å². The van der Waals surface area contributed by atoms with Crippen LogP contribution in [0.3, 0.4) is 0 Å². The Labute approximate surface area is 164 Å². The minimum absolute atomic E-state index is 0.239. The molecular weight excluding hydrogens is 384 g/mol. The minimum atomic E-state index is -3.63.